The van der Waals surface area contributed by atoms with Crippen molar-refractivity contribution in [3.05, 3.63) is 18.2 Å². The predicted molar refractivity (Wildman–Crippen MR) is 94.3 cm³/mol. The SMILES string of the molecule is CCCCCCCCOC(=O)Nc1ccc(S(=O)(=O)O)c(NC=O)c1. The standard InChI is InChI=1S/C16H24N2O6S/c1-2-3-4-5-6-7-10-24-16(20)18-13-8-9-15(25(21,22)23)14(11-13)17-12-19/h8-9,11-12H,2-7,10H2,1H3,(H,17,19)(H,18,20)(H,21,22,23). The lowest BCUT2D eigenvalue weighted by Crippen LogP contribution is -2.15. The summed E-state index contributed by atoms with van der Waals surface area (Å²) in [6.07, 6.45) is 6.02. The third kappa shape index (κ3) is 7.99. The van der Waals surface area contributed by atoms with E-state index < -0.39 is 21.1 Å². The maximum atomic E-state index is 11.7. The number of rotatable bonds is 11. The summed E-state index contributed by atoms with van der Waals surface area (Å²) in [5.41, 5.74) is 0.0796. The molecule has 0 aliphatic heterocycles. The monoisotopic (exact) mass is 372 g/mol. The van der Waals surface area contributed by atoms with Gasteiger partial charge in [0, 0.05) is 5.69 Å². The minimum absolute atomic E-state index is 0.147. The molecule has 25 heavy (non-hydrogen) atoms. The van der Waals surface area contributed by atoms with Crippen molar-refractivity contribution < 1.29 is 27.3 Å². The number of hydrogen-bond donors (Lipinski definition) is 3. The zero-order valence-corrected chi connectivity index (χ0v) is 15.0. The van der Waals surface area contributed by atoms with E-state index in [-0.39, 0.29) is 17.8 Å². The van der Waals surface area contributed by atoms with Crippen LogP contribution in [0.5, 0.6) is 0 Å². The van der Waals surface area contributed by atoms with Crippen LogP contribution in [-0.4, -0.2) is 32.1 Å². The first-order chi connectivity index (χ1) is 11.9. The van der Waals surface area contributed by atoms with Gasteiger partial charge in [0.15, 0.2) is 0 Å². The van der Waals surface area contributed by atoms with Crippen LogP contribution in [0.4, 0.5) is 16.2 Å². The largest absolute Gasteiger partial charge is 0.449 e. The molecule has 1 aromatic carbocycles. The second kappa shape index (κ2) is 10.7. The Kier molecular flexibility index (Phi) is 8.93. The van der Waals surface area contributed by atoms with Gasteiger partial charge in [-0.05, 0) is 24.6 Å². The third-order valence-electron chi connectivity index (χ3n) is 3.45. The predicted octanol–water partition coefficient (Wildman–Crippen LogP) is 3.41. The number of carbonyl (C=O) groups excluding carboxylic acids is 2. The molecule has 140 valence electrons. The Hall–Kier alpha value is -2.13. The van der Waals surface area contributed by atoms with Crippen molar-refractivity contribution in [1.82, 2.24) is 0 Å². The highest BCUT2D eigenvalue weighted by atomic mass is 32.2. The van der Waals surface area contributed by atoms with Gasteiger partial charge >= 0.3 is 6.09 Å². The zero-order chi connectivity index (χ0) is 18.7. The molecule has 0 atom stereocenters. The van der Waals surface area contributed by atoms with Gasteiger partial charge in [-0.3, -0.25) is 14.7 Å². The molecule has 0 aliphatic rings. The minimum atomic E-state index is -4.49. The number of ether oxygens (including phenoxy) is 1. The number of amides is 2. The number of unbranched alkanes of at least 4 members (excludes halogenated alkanes) is 5. The van der Waals surface area contributed by atoms with Crippen molar-refractivity contribution in [2.24, 2.45) is 0 Å². The van der Waals surface area contributed by atoms with Gasteiger partial charge in [0.05, 0.1) is 12.3 Å². The van der Waals surface area contributed by atoms with E-state index in [1.807, 2.05) is 0 Å². The van der Waals surface area contributed by atoms with Crippen molar-refractivity contribution >= 4 is 34.0 Å². The highest BCUT2D eigenvalue weighted by molar-refractivity contribution is 7.86. The van der Waals surface area contributed by atoms with Crippen LogP contribution in [0.3, 0.4) is 0 Å². The van der Waals surface area contributed by atoms with Crippen LogP contribution >= 0.6 is 0 Å². The van der Waals surface area contributed by atoms with Crippen LogP contribution in [0.25, 0.3) is 0 Å². The van der Waals surface area contributed by atoms with E-state index in [2.05, 4.69) is 17.6 Å². The molecule has 8 nitrogen and oxygen atoms in total. The van der Waals surface area contributed by atoms with Crippen LogP contribution < -0.4 is 10.6 Å². The molecular weight excluding hydrogens is 348 g/mol. The molecule has 1 rings (SSSR count). The van der Waals surface area contributed by atoms with E-state index in [0.717, 1.165) is 25.3 Å². The molecule has 0 aromatic heterocycles. The van der Waals surface area contributed by atoms with Crippen LogP contribution in [0.2, 0.25) is 0 Å². The Bertz CT molecular complexity index is 675. The maximum absolute atomic E-state index is 11.7. The second-order valence-corrected chi connectivity index (χ2v) is 6.87. The van der Waals surface area contributed by atoms with Crippen LogP contribution in [0.15, 0.2) is 23.1 Å². The molecule has 0 fully saturated rings. The van der Waals surface area contributed by atoms with Gasteiger partial charge in [0.2, 0.25) is 6.41 Å². The summed E-state index contributed by atoms with van der Waals surface area (Å²) >= 11 is 0. The highest BCUT2D eigenvalue weighted by Gasteiger charge is 2.16. The van der Waals surface area contributed by atoms with Crippen LogP contribution in [-0.2, 0) is 19.6 Å². The van der Waals surface area contributed by atoms with Gasteiger partial charge in [-0.2, -0.15) is 8.42 Å². The minimum Gasteiger partial charge on any atom is -0.449 e. The summed E-state index contributed by atoms with van der Waals surface area (Å²) in [5.74, 6) is 0. The molecule has 0 spiro atoms. The summed E-state index contributed by atoms with van der Waals surface area (Å²) in [4.78, 5) is 21.8. The Morgan fingerprint density at radius 1 is 1.20 bits per heavy atom. The first kappa shape index (κ1) is 20.9. The van der Waals surface area contributed by atoms with Crippen LogP contribution in [0, 0.1) is 0 Å². The van der Waals surface area contributed by atoms with Gasteiger partial charge in [-0.1, -0.05) is 39.0 Å². The fraction of sp³-hybridized carbons (Fsp3) is 0.500. The van der Waals surface area contributed by atoms with E-state index in [9.17, 15) is 18.0 Å². The van der Waals surface area contributed by atoms with Crippen molar-refractivity contribution in [2.45, 2.75) is 50.3 Å². The Morgan fingerprint density at radius 2 is 1.88 bits per heavy atom. The van der Waals surface area contributed by atoms with Gasteiger partial charge < -0.3 is 10.1 Å². The lowest BCUT2D eigenvalue weighted by atomic mass is 10.1. The quantitative estimate of drug-likeness (QED) is 0.311. The number of carbonyl (C=O) groups is 2. The molecule has 2 amide bonds. The second-order valence-electron chi connectivity index (χ2n) is 5.48. The van der Waals surface area contributed by atoms with E-state index in [0.29, 0.717) is 6.61 Å². The maximum Gasteiger partial charge on any atom is 0.411 e. The van der Waals surface area contributed by atoms with Crippen LogP contribution in [0.1, 0.15) is 45.4 Å². The molecule has 0 heterocycles. The van der Waals surface area contributed by atoms with E-state index >= 15 is 0 Å². The number of nitrogens with one attached hydrogen (secondary N) is 2. The molecule has 0 saturated carbocycles. The first-order valence-electron chi connectivity index (χ1n) is 8.14. The number of hydrogen-bond acceptors (Lipinski definition) is 5. The van der Waals surface area contributed by atoms with Crippen molar-refractivity contribution in [3.63, 3.8) is 0 Å². The fourth-order valence-corrected chi connectivity index (χ4v) is 2.85. The zero-order valence-electron chi connectivity index (χ0n) is 14.2. The average Bonchev–Trinajstić information content (AvgIpc) is 2.53. The average molecular weight is 372 g/mol. The summed E-state index contributed by atoms with van der Waals surface area (Å²) in [6.45, 7) is 2.44. The van der Waals surface area contributed by atoms with Crippen molar-refractivity contribution in [2.75, 3.05) is 17.2 Å². The summed E-state index contributed by atoms with van der Waals surface area (Å²) in [6, 6.07) is 3.57. The summed E-state index contributed by atoms with van der Waals surface area (Å²) in [5, 5.41) is 4.60. The molecule has 0 saturated heterocycles. The lowest BCUT2D eigenvalue weighted by Gasteiger charge is -2.10. The van der Waals surface area contributed by atoms with Gasteiger partial charge in [0.1, 0.15) is 4.90 Å². The smallest absolute Gasteiger partial charge is 0.411 e. The number of anilines is 2. The third-order valence-corrected chi connectivity index (χ3v) is 4.36. The molecule has 0 bridgehead atoms. The van der Waals surface area contributed by atoms with Gasteiger partial charge in [0.25, 0.3) is 10.1 Å². The van der Waals surface area contributed by atoms with Gasteiger partial charge in [-0.25, -0.2) is 4.79 Å². The molecule has 1 aromatic rings. The van der Waals surface area contributed by atoms with Crippen molar-refractivity contribution in [3.8, 4) is 0 Å². The summed E-state index contributed by atoms with van der Waals surface area (Å²) < 4.78 is 36.6. The normalized spacial score (nSPS) is 11.0. The van der Waals surface area contributed by atoms with Gasteiger partial charge in [-0.15, -0.1) is 0 Å². The van der Waals surface area contributed by atoms with E-state index in [4.69, 9.17) is 9.29 Å². The highest BCUT2D eigenvalue weighted by Crippen LogP contribution is 2.24. The molecule has 0 unspecified atom stereocenters. The summed E-state index contributed by atoms with van der Waals surface area (Å²) in [7, 11) is -4.49. The molecular formula is C16H24N2O6S. The molecule has 0 aliphatic carbocycles. The van der Waals surface area contributed by atoms with Crippen molar-refractivity contribution in [1.29, 1.82) is 0 Å². The first-order valence-corrected chi connectivity index (χ1v) is 9.58. The number of benzene rings is 1. The Morgan fingerprint density at radius 3 is 2.52 bits per heavy atom. The fourth-order valence-electron chi connectivity index (χ4n) is 2.21. The topological polar surface area (TPSA) is 122 Å². The molecule has 3 N–H and O–H groups in total. The van der Waals surface area contributed by atoms with E-state index in [1.54, 1.807) is 0 Å². The Balaban J connectivity index is 2.52. The Labute approximate surface area is 147 Å². The molecule has 9 heteroatoms. The lowest BCUT2D eigenvalue weighted by molar-refractivity contribution is -0.105. The molecule has 0 radical (unpaired) electrons. The van der Waals surface area contributed by atoms with E-state index in [1.165, 1.54) is 31.4 Å².